The van der Waals surface area contributed by atoms with Gasteiger partial charge in [-0.2, -0.15) is 0 Å². The van der Waals surface area contributed by atoms with Gasteiger partial charge < -0.3 is 63.2 Å². The number of hydrogen-bond donors (Lipinski definition) is 2. The van der Waals surface area contributed by atoms with Gasteiger partial charge in [-0.05, 0) is 77.9 Å². The lowest BCUT2D eigenvalue weighted by Gasteiger charge is -2.37. The Kier molecular flexibility index (Phi) is 29.7. The Hall–Kier alpha value is -2.44. The fourth-order valence-electron chi connectivity index (χ4n) is 7.41. The topological polar surface area (TPSA) is 177 Å². The number of rotatable bonds is 32. The molecule has 2 heterocycles. The van der Waals surface area contributed by atoms with Gasteiger partial charge in [-0.25, -0.2) is 4.79 Å². The molecule has 360 valence electrons. The summed E-state index contributed by atoms with van der Waals surface area (Å²) in [5, 5.41) is 2.80. The van der Waals surface area contributed by atoms with E-state index in [0.29, 0.717) is 98.0 Å². The molecule has 1 fully saturated rings. The van der Waals surface area contributed by atoms with Crippen LogP contribution in [0.5, 0.6) is 0 Å². The van der Waals surface area contributed by atoms with Crippen molar-refractivity contribution in [1.29, 1.82) is 0 Å². The molecule has 0 aromatic rings. The Morgan fingerprint density at radius 1 is 0.919 bits per heavy atom. The van der Waals surface area contributed by atoms with Crippen LogP contribution in [0.2, 0.25) is 0 Å². The van der Waals surface area contributed by atoms with Crippen molar-refractivity contribution in [3.05, 3.63) is 36.0 Å². The average molecular weight is 885 g/mol. The zero-order valence-electron chi connectivity index (χ0n) is 39.6. The molecule has 0 aliphatic carbocycles. The highest BCUT2D eigenvalue weighted by Crippen LogP contribution is 2.37. The largest absolute Gasteiger partial charge is 0.457 e. The van der Waals surface area contributed by atoms with E-state index >= 15 is 0 Å². The Morgan fingerprint density at radius 3 is 2.26 bits per heavy atom. The zero-order chi connectivity index (χ0) is 45.6. The number of epoxide rings is 1. The second-order valence-corrected chi connectivity index (χ2v) is 16.2. The highest BCUT2D eigenvalue weighted by atomic mass is 16.6. The van der Waals surface area contributed by atoms with Crippen molar-refractivity contribution >= 4 is 12.1 Å². The predicted molar refractivity (Wildman–Crippen MR) is 239 cm³/mol. The molecule has 2 aliphatic rings. The normalized spacial score (nSPS) is 26.9. The van der Waals surface area contributed by atoms with Crippen LogP contribution in [0.3, 0.4) is 0 Å². The highest BCUT2D eigenvalue weighted by molar-refractivity contribution is 5.70. The molecular formula is C47H84N2O13. The van der Waals surface area contributed by atoms with Crippen molar-refractivity contribution in [2.45, 2.75) is 137 Å². The van der Waals surface area contributed by atoms with E-state index in [2.05, 4.69) is 32.2 Å². The lowest BCUT2D eigenvalue weighted by atomic mass is 9.88. The number of esters is 1. The van der Waals surface area contributed by atoms with Gasteiger partial charge in [0.1, 0.15) is 11.7 Å². The molecule has 2 aliphatic heterocycles. The number of ether oxygens (including phenoxy) is 11. The molecule has 1 amide bonds. The molecule has 0 bridgehead atoms. The maximum Gasteiger partial charge on any atom is 0.407 e. The maximum absolute atomic E-state index is 13.7. The molecule has 0 saturated carbocycles. The average Bonchev–Trinajstić information content (AvgIpc) is 4.02. The Balaban J connectivity index is 2.27. The van der Waals surface area contributed by atoms with Crippen LogP contribution >= 0.6 is 0 Å². The molecule has 1 saturated heterocycles. The summed E-state index contributed by atoms with van der Waals surface area (Å²) in [5.41, 5.74) is 5.33. The van der Waals surface area contributed by atoms with E-state index in [1.807, 2.05) is 65.8 Å². The van der Waals surface area contributed by atoms with Gasteiger partial charge in [0.25, 0.3) is 0 Å². The number of cyclic esters (lactones) is 1. The third-order valence-corrected chi connectivity index (χ3v) is 11.1. The fraction of sp³-hybridized carbons (Fsp3) is 0.830. The fourth-order valence-corrected chi connectivity index (χ4v) is 7.41. The molecule has 15 nitrogen and oxygen atoms in total. The quantitative estimate of drug-likeness (QED) is 0.0251. The first-order valence-electron chi connectivity index (χ1n) is 23.2. The van der Waals surface area contributed by atoms with E-state index in [9.17, 15) is 9.59 Å². The number of allylic oxidation sites excluding steroid dienone is 3. The number of carbonyl (C=O) groups excluding carboxylic acids is 2. The second-order valence-electron chi connectivity index (χ2n) is 16.2. The SMILES string of the molecule is CCOCCOC1CCC(C)(OCCOCC)C(OC(=O)NCCOCCOCCN)/C=C/C(C)C(/C(C)=C/C=C/C(C)CC2OC2C(C)C(CC)OCCOCC)OC(=O)C1. The smallest absolute Gasteiger partial charge is 0.407 e. The molecule has 3 N–H and O–H groups in total. The molecule has 0 radical (unpaired) electrons. The number of alkyl carbamates (subject to hydrolysis) is 1. The van der Waals surface area contributed by atoms with E-state index in [4.69, 9.17) is 57.8 Å². The zero-order valence-corrected chi connectivity index (χ0v) is 39.6. The molecule has 62 heavy (non-hydrogen) atoms. The van der Waals surface area contributed by atoms with Gasteiger partial charge in [0.2, 0.25) is 0 Å². The van der Waals surface area contributed by atoms with Crippen molar-refractivity contribution in [3.63, 3.8) is 0 Å². The third kappa shape index (κ3) is 23.0. The molecule has 0 spiro atoms. The lowest BCUT2D eigenvalue weighted by Crippen LogP contribution is -2.47. The van der Waals surface area contributed by atoms with Crippen LogP contribution in [-0.4, -0.2) is 153 Å². The van der Waals surface area contributed by atoms with Crippen molar-refractivity contribution in [1.82, 2.24) is 5.32 Å². The van der Waals surface area contributed by atoms with Crippen molar-refractivity contribution in [2.75, 3.05) is 99.0 Å². The predicted octanol–water partition coefficient (Wildman–Crippen LogP) is 6.36. The minimum atomic E-state index is -0.998. The first-order valence-corrected chi connectivity index (χ1v) is 23.2. The van der Waals surface area contributed by atoms with Gasteiger partial charge in [-0.3, -0.25) is 4.79 Å². The third-order valence-electron chi connectivity index (χ3n) is 11.1. The highest BCUT2D eigenvalue weighted by Gasteiger charge is 2.45. The van der Waals surface area contributed by atoms with E-state index < -0.39 is 30.0 Å². The first-order chi connectivity index (χ1) is 29.9. The van der Waals surface area contributed by atoms with Crippen LogP contribution in [0.25, 0.3) is 0 Å². The van der Waals surface area contributed by atoms with E-state index in [-0.39, 0.29) is 62.3 Å². The van der Waals surface area contributed by atoms with Crippen LogP contribution in [0.15, 0.2) is 36.0 Å². The number of hydrogen-bond acceptors (Lipinski definition) is 14. The monoisotopic (exact) mass is 885 g/mol. The van der Waals surface area contributed by atoms with Crippen LogP contribution < -0.4 is 11.1 Å². The maximum atomic E-state index is 13.7. The Labute approximate surface area is 373 Å². The summed E-state index contributed by atoms with van der Waals surface area (Å²) in [5.74, 6) is -0.0998. The van der Waals surface area contributed by atoms with Crippen molar-refractivity contribution < 1.29 is 61.7 Å². The summed E-state index contributed by atoms with van der Waals surface area (Å²) in [6, 6.07) is 0. The molecular weight excluding hydrogens is 801 g/mol. The molecule has 2 rings (SSSR count). The lowest BCUT2D eigenvalue weighted by molar-refractivity contribution is -0.154. The molecule has 0 aromatic carbocycles. The summed E-state index contributed by atoms with van der Waals surface area (Å²) >= 11 is 0. The van der Waals surface area contributed by atoms with Gasteiger partial charge in [-0.15, -0.1) is 0 Å². The van der Waals surface area contributed by atoms with Gasteiger partial charge in [0.05, 0.1) is 96.9 Å². The van der Waals surface area contributed by atoms with Crippen LogP contribution in [-0.2, 0) is 56.9 Å². The summed E-state index contributed by atoms with van der Waals surface area (Å²) in [6.07, 6.45) is 10.7. The summed E-state index contributed by atoms with van der Waals surface area (Å²) in [7, 11) is 0. The van der Waals surface area contributed by atoms with E-state index in [1.54, 1.807) is 0 Å². The van der Waals surface area contributed by atoms with Gasteiger partial charge in [-0.1, -0.05) is 52.0 Å². The van der Waals surface area contributed by atoms with E-state index in [0.717, 1.165) is 18.4 Å². The number of nitrogens with two attached hydrogens (primary N) is 1. The second kappa shape index (κ2) is 33.1. The van der Waals surface area contributed by atoms with Crippen LogP contribution in [0.1, 0.15) is 94.4 Å². The van der Waals surface area contributed by atoms with Crippen molar-refractivity contribution in [3.8, 4) is 0 Å². The van der Waals surface area contributed by atoms with Gasteiger partial charge in [0.15, 0.2) is 6.10 Å². The molecule has 0 aromatic heterocycles. The number of nitrogens with one attached hydrogen (secondary N) is 1. The van der Waals surface area contributed by atoms with Crippen LogP contribution in [0.4, 0.5) is 4.79 Å². The summed E-state index contributed by atoms with van der Waals surface area (Å²) in [6.45, 7) is 24.8. The van der Waals surface area contributed by atoms with Gasteiger partial charge >= 0.3 is 12.1 Å². The molecule has 10 unspecified atom stereocenters. The molecule has 10 atom stereocenters. The summed E-state index contributed by atoms with van der Waals surface area (Å²) in [4.78, 5) is 27.0. The summed E-state index contributed by atoms with van der Waals surface area (Å²) < 4.78 is 64.8. The minimum absolute atomic E-state index is 0.0366. The van der Waals surface area contributed by atoms with Crippen LogP contribution in [0, 0.1) is 17.8 Å². The first kappa shape index (κ1) is 55.7. The van der Waals surface area contributed by atoms with Gasteiger partial charge in [0, 0.05) is 44.7 Å². The number of carbonyl (C=O) groups is 2. The number of amides is 1. The standard InChI is InChI=1S/C47H84N2O13/c1-10-40(58-31-28-53-12-3)38(8)45-41(60-45)33-35(5)15-14-16-36(6)44-37(7)17-18-42(61-46(51)49-22-24-56-26-25-55-23-21-48)47(9,59-32-29-54-13-4)20-19-39(34-43(50)62-44)57-30-27-52-11-2/h14-18,35,37-42,44-45H,10-13,19-34,48H2,1-9H3,(H,49,51)/b15-14+,18-17+,36-16+. The van der Waals surface area contributed by atoms with Crippen molar-refractivity contribution in [2.24, 2.45) is 23.5 Å². The molecule has 15 heteroatoms. The Bertz CT molecular complexity index is 1280. The van der Waals surface area contributed by atoms with E-state index in [1.165, 1.54) is 0 Å². The Morgan fingerprint density at radius 2 is 1.58 bits per heavy atom. The minimum Gasteiger partial charge on any atom is -0.457 e.